The van der Waals surface area contributed by atoms with E-state index in [1.807, 2.05) is 0 Å². The molecule has 0 spiro atoms. The van der Waals surface area contributed by atoms with E-state index in [4.69, 9.17) is 16.3 Å². The molecule has 1 atom stereocenters. The Morgan fingerprint density at radius 1 is 1.14 bits per heavy atom. The third kappa shape index (κ3) is 5.32. The van der Waals surface area contributed by atoms with E-state index in [-0.39, 0.29) is 15.5 Å². The highest BCUT2D eigenvalue weighted by molar-refractivity contribution is 9.10. The molecule has 10 heteroatoms. The van der Waals surface area contributed by atoms with Crippen molar-refractivity contribution in [3.63, 3.8) is 0 Å². The van der Waals surface area contributed by atoms with Crippen molar-refractivity contribution in [2.24, 2.45) is 0 Å². The molecular formula is C18H18BrClN2O5S. The molecule has 1 N–H and O–H groups in total. The fourth-order valence-corrected chi connectivity index (χ4v) is 3.47. The number of hydrogen-bond donors (Lipinski definition) is 1. The van der Waals surface area contributed by atoms with E-state index in [0.717, 1.165) is 14.8 Å². The second kappa shape index (κ2) is 9.04. The van der Waals surface area contributed by atoms with Crippen LogP contribution in [-0.2, 0) is 19.6 Å². The molecule has 2 aromatic carbocycles. The van der Waals surface area contributed by atoms with Crippen molar-refractivity contribution in [3.8, 4) is 0 Å². The number of amides is 1. The van der Waals surface area contributed by atoms with Gasteiger partial charge in [-0.1, -0.05) is 27.5 Å². The van der Waals surface area contributed by atoms with Crippen molar-refractivity contribution in [1.29, 1.82) is 0 Å². The number of hydrogen-bond acceptors (Lipinski definition) is 5. The van der Waals surface area contributed by atoms with Gasteiger partial charge in [0.05, 0.1) is 15.5 Å². The average Bonchev–Trinajstić information content (AvgIpc) is 2.63. The highest BCUT2D eigenvalue weighted by Crippen LogP contribution is 2.23. The molecule has 0 saturated carbocycles. The number of anilines is 1. The lowest BCUT2D eigenvalue weighted by molar-refractivity contribution is -0.123. The Morgan fingerprint density at radius 3 is 2.32 bits per heavy atom. The molecule has 150 valence electrons. The largest absolute Gasteiger partial charge is 0.449 e. The van der Waals surface area contributed by atoms with Crippen LogP contribution in [0, 0.1) is 0 Å². The van der Waals surface area contributed by atoms with Crippen LogP contribution in [0.3, 0.4) is 0 Å². The lowest BCUT2D eigenvalue weighted by Crippen LogP contribution is -2.30. The zero-order valence-electron chi connectivity index (χ0n) is 15.3. The summed E-state index contributed by atoms with van der Waals surface area (Å²) >= 11 is 9.31. The second-order valence-electron chi connectivity index (χ2n) is 5.97. The Hall–Kier alpha value is -1.94. The molecule has 1 amide bonds. The van der Waals surface area contributed by atoms with Gasteiger partial charge in [-0.25, -0.2) is 17.5 Å². The van der Waals surface area contributed by atoms with Crippen LogP contribution in [0.2, 0.25) is 5.02 Å². The molecule has 0 aliphatic carbocycles. The third-order valence-electron chi connectivity index (χ3n) is 3.70. The molecule has 0 bridgehead atoms. The van der Waals surface area contributed by atoms with Gasteiger partial charge >= 0.3 is 5.97 Å². The number of nitrogens with zero attached hydrogens (tertiary/aromatic N) is 1. The number of carbonyl (C=O) groups is 2. The summed E-state index contributed by atoms with van der Waals surface area (Å²) in [6.07, 6.45) is -1.12. The molecular weight excluding hydrogens is 472 g/mol. The Morgan fingerprint density at radius 2 is 1.75 bits per heavy atom. The standard InChI is InChI=1S/C18H18BrClN2O5S/c1-11(17(23)21-13-6-4-12(19)5-7-13)27-18(24)15-10-14(8-9-16(15)20)28(25,26)22(2)3/h4-11H,1-3H3,(H,21,23). The van der Waals surface area contributed by atoms with Gasteiger partial charge in [0.15, 0.2) is 6.10 Å². The highest BCUT2D eigenvalue weighted by atomic mass is 79.9. The van der Waals surface area contributed by atoms with Crippen LogP contribution in [-0.4, -0.2) is 44.8 Å². The van der Waals surface area contributed by atoms with Gasteiger partial charge in [-0.05, 0) is 49.4 Å². The molecule has 0 aromatic heterocycles. The summed E-state index contributed by atoms with van der Waals surface area (Å²) in [5.41, 5.74) is 0.390. The van der Waals surface area contributed by atoms with Gasteiger partial charge in [-0.15, -0.1) is 0 Å². The fraction of sp³-hybridized carbons (Fsp3) is 0.222. The van der Waals surface area contributed by atoms with E-state index >= 15 is 0 Å². The maximum absolute atomic E-state index is 12.4. The SMILES string of the molecule is CC(OC(=O)c1cc(S(=O)(=O)N(C)C)ccc1Cl)C(=O)Nc1ccc(Br)cc1. The van der Waals surface area contributed by atoms with Gasteiger partial charge in [0, 0.05) is 24.3 Å². The van der Waals surface area contributed by atoms with Crippen LogP contribution in [0.4, 0.5) is 5.69 Å². The van der Waals surface area contributed by atoms with Crippen LogP contribution in [0.1, 0.15) is 17.3 Å². The number of halogens is 2. The van der Waals surface area contributed by atoms with Crippen molar-refractivity contribution in [3.05, 3.63) is 57.5 Å². The number of ether oxygens (including phenoxy) is 1. The molecule has 2 aromatic rings. The minimum atomic E-state index is -3.75. The number of nitrogens with one attached hydrogen (secondary N) is 1. The summed E-state index contributed by atoms with van der Waals surface area (Å²) in [6.45, 7) is 1.40. The summed E-state index contributed by atoms with van der Waals surface area (Å²) in [6, 6.07) is 10.6. The second-order valence-corrected chi connectivity index (χ2v) is 9.45. The van der Waals surface area contributed by atoms with Gasteiger partial charge < -0.3 is 10.1 Å². The molecule has 0 radical (unpaired) electrons. The minimum absolute atomic E-state index is 0.0169. The molecule has 0 fully saturated rings. The number of rotatable bonds is 6. The monoisotopic (exact) mass is 488 g/mol. The Balaban J connectivity index is 2.15. The van der Waals surface area contributed by atoms with Crippen molar-refractivity contribution in [2.75, 3.05) is 19.4 Å². The van der Waals surface area contributed by atoms with Gasteiger partial charge in [0.2, 0.25) is 10.0 Å². The molecule has 0 saturated heterocycles. The van der Waals surface area contributed by atoms with E-state index in [0.29, 0.717) is 5.69 Å². The predicted molar refractivity (Wildman–Crippen MR) is 110 cm³/mol. The summed E-state index contributed by atoms with van der Waals surface area (Å²) in [4.78, 5) is 24.5. The van der Waals surface area contributed by atoms with Crippen LogP contribution >= 0.6 is 27.5 Å². The lowest BCUT2D eigenvalue weighted by Gasteiger charge is -2.15. The van der Waals surface area contributed by atoms with E-state index in [1.54, 1.807) is 24.3 Å². The molecule has 7 nitrogen and oxygen atoms in total. The quantitative estimate of drug-likeness (QED) is 0.627. The number of esters is 1. The van der Waals surface area contributed by atoms with Gasteiger partial charge in [0.1, 0.15) is 0 Å². The molecule has 0 aliphatic rings. The summed E-state index contributed by atoms with van der Waals surface area (Å²) < 4.78 is 31.5. The normalized spacial score (nSPS) is 12.5. The molecule has 0 heterocycles. The van der Waals surface area contributed by atoms with Crippen molar-refractivity contribution in [2.45, 2.75) is 17.9 Å². The zero-order chi connectivity index (χ0) is 21.1. The number of sulfonamides is 1. The first kappa shape index (κ1) is 22.4. The Bertz CT molecular complexity index is 994. The van der Waals surface area contributed by atoms with Crippen molar-refractivity contribution < 1.29 is 22.7 Å². The Labute approximate surface area is 176 Å². The lowest BCUT2D eigenvalue weighted by atomic mass is 10.2. The highest BCUT2D eigenvalue weighted by Gasteiger charge is 2.24. The molecule has 0 aliphatic heterocycles. The van der Waals surface area contributed by atoms with Crippen LogP contribution in [0.25, 0.3) is 0 Å². The van der Waals surface area contributed by atoms with Crippen molar-refractivity contribution >= 4 is 55.1 Å². The maximum Gasteiger partial charge on any atom is 0.340 e. The molecule has 2 rings (SSSR count). The van der Waals surface area contributed by atoms with Gasteiger partial charge in [-0.2, -0.15) is 0 Å². The van der Waals surface area contributed by atoms with E-state index in [1.165, 1.54) is 33.2 Å². The van der Waals surface area contributed by atoms with Gasteiger partial charge in [0.25, 0.3) is 5.91 Å². The smallest absolute Gasteiger partial charge is 0.340 e. The van der Waals surface area contributed by atoms with Crippen LogP contribution in [0.5, 0.6) is 0 Å². The van der Waals surface area contributed by atoms with Crippen molar-refractivity contribution in [1.82, 2.24) is 4.31 Å². The zero-order valence-corrected chi connectivity index (χ0v) is 18.4. The minimum Gasteiger partial charge on any atom is -0.449 e. The third-order valence-corrected chi connectivity index (χ3v) is 6.37. The van der Waals surface area contributed by atoms with Gasteiger partial charge in [-0.3, -0.25) is 4.79 Å². The summed E-state index contributed by atoms with van der Waals surface area (Å²) in [5.74, 6) is -1.44. The van der Waals surface area contributed by atoms with E-state index < -0.39 is 28.0 Å². The maximum atomic E-state index is 12.4. The molecule has 1 unspecified atom stereocenters. The fourth-order valence-electron chi connectivity index (χ4n) is 2.09. The van der Waals surface area contributed by atoms with Crippen LogP contribution in [0.15, 0.2) is 51.8 Å². The number of benzene rings is 2. The predicted octanol–water partition coefficient (Wildman–Crippen LogP) is 3.54. The number of carbonyl (C=O) groups excluding carboxylic acids is 2. The van der Waals surface area contributed by atoms with Crippen LogP contribution < -0.4 is 5.32 Å². The van der Waals surface area contributed by atoms with E-state index in [9.17, 15) is 18.0 Å². The first-order valence-electron chi connectivity index (χ1n) is 8.02. The average molecular weight is 490 g/mol. The summed E-state index contributed by atoms with van der Waals surface area (Å²) in [7, 11) is -1.01. The van der Waals surface area contributed by atoms with E-state index in [2.05, 4.69) is 21.2 Å². The summed E-state index contributed by atoms with van der Waals surface area (Å²) in [5, 5.41) is 2.64. The first-order chi connectivity index (χ1) is 13.0. The Kier molecular flexibility index (Phi) is 7.22. The molecule has 28 heavy (non-hydrogen) atoms. The first-order valence-corrected chi connectivity index (χ1v) is 10.6. The topological polar surface area (TPSA) is 92.8 Å².